The molecule has 2 heterocycles. The summed E-state index contributed by atoms with van der Waals surface area (Å²) in [5, 5.41) is 0. The fraction of sp³-hybridized carbons (Fsp3) is 0.583. The Morgan fingerprint density at radius 1 is 1.52 bits per heavy atom. The van der Waals surface area contributed by atoms with Crippen molar-refractivity contribution in [3.05, 3.63) is 16.7 Å². The van der Waals surface area contributed by atoms with Crippen molar-refractivity contribution in [2.75, 3.05) is 18.5 Å². The number of hydrogen-bond donors (Lipinski definition) is 3. The average Bonchev–Trinajstić information content (AvgIpc) is 2.80. The van der Waals surface area contributed by atoms with Gasteiger partial charge >= 0.3 is 7.60 Å². The molecule has 0 aliphatic carbocycles. The number of H-pyrrole nitrogens is 1. The maximum absolute atomic E-state index is 11.7. The normalized spacial score (nSPS) is 14.4. The highest BCUT2D eigenvalue weighted by Gasteiger charge is 2.20. The summed E-state index contributed by atoms with van der Waals surface area (Å²) >= 11 is 0. The Morgan fingerprint density at radius 3 is 2.96 bits per heavy atom. The van der Waals surface area contributed by atoms with Crippen molar-refractivity contribution in [1.82, 2.24) is 19.5 Å². The standard InChI is InChI=1S/C12H20N5O5P/c1-8(2)22-23(19,20)5-3-4-21-7-17-6-14-9-10(17)15-12(13)16-11(9)18/h6,8H,3-5,7H2,1-2H3,(H,19,20)(H3,13,15,16,18). The molecule has 4 N–H and O–H groups in total. The summed E-state index contributed by atoms with van der Waals surface area (Å²) in [5.41, 5.74) is 5.57. The van der Waals surface area contributed by atoms with E-state index < -0.39 is 13.2 Å². The summed E-state index contributed by atoms with van der Waals surface area (Å²) in [6.45, 7) is 3.76. The Bertz CT molecular complexity index is 771. The zero-order valence-corrected chi connectivity index (χ0v) is 13.8. The van der Waals surface area contributed by atoms with Gasteiger partial charge in [0.2, 0.25) is 5.95 Å². The number of ether oxygens (including phenoxy) is 1. The second kappa shape index (κ2) is 7.22. The van der Waals surface area contributed by atoms with Gasteiger partial charge in [-0.15, -0.1) is 0 Å². The largest absolute Gasteiger partial charge is 0.369 e. The molecule has 2 aromatic rings. The minimum Gasteiger partial charge on any atom is -0.369 e. The quantitative estimate of drug-likeness (QED) is 0.467. The molecule has 1 unspecified atom stereocenters. The SMILES string of the molecule is CC(C)OP(=O)(O)CCCOCn1cnc2c(=O)[nH]c(N)nc21. The van der Waals surface area contributed by atoms with Gasteiger partial charge in [-0.25, -0.2) is 4.98 Å². The molecule has 128 valence electrons. The molecular weight excluding hydrogens is 325 g/mol. The van der Waals surface area contributed by atoms with E-state index in [9.17, 15) is 14.3 Å². The van der Waals surface area contributed by atoms with E-state index in [-0.39, 0.29) is 37.1 Å². The number of nitrogens with one attached hydrogen (secondary N) is 1. The van der Waals surface area contributed by atoms with Crippen LogP contribution in [0, 0.1) is 0 Å². The number of hydrogen-bond acceptors (Lipinski definition) is 7. The highest BCUT2D eigenvalue weighted by molar-refractivity contribution is 7.52. The van der Waals surface area contributed by atoms with E-state index in [4.69, 9.17) is 15.0 Å². The molecule has 0 bridgehead atoms. The number of aromatic nitrogens is 4. The molecule has 2 rings (SSSR count). The first-order valence-corrected chi connectivity index (χ1v) is 8.83. The lowest BCUT2D eigenvalue weighted by Gasteiger charge is -2.14. The lowest BCUT2D eigenvalue weighted by atomic mass is 10.5. The molecule has 2 aromatic heterocycles. The molecule has 23 heavy (non-hydrogen) atoms. The molecule has 0 spiro atoms. The van der Waals surface area contributed by atoms with Crippen molar-refractivity contribution >= 4 is 24.7 Å². The molecular formula is C12H20N5O5P. The van der Waals surface area contributed by atoms with Crippen molar-refractivity contribution in [3.63, 3.8) is 0 Å². The topological polar surface area (TPSA) is 145 Å². The van der Waals surface area contributed by atoms with Gasteiger partial charge in [0.05, 0.1) is 18.6 Å². The summed E-state index contributed by atoms with van der Waals surface area (Å²) in [6.07, 6.45) is 1.49. The predicted molar refractivity (Wildman–Crippen MR) is 84.0 cm³/mol. The molecule has 0 fully saturated rings. The van der Waals surface area contributed by atoms with Crippen LogP contribution in [0.1, 0.15) is 20.3 Å². The summed E-state index contributed by atoms with van der Waals surface area (Å²) < 4.78 is 23.6. The maximum Gasteiger partial charge on any atom is 0.328 e. The molecule has 0 amide bonds. The van der Waals surface area contributed by atoms with E-state index in [2.05, 4.69) is 15.0 Å². The van der Waals surface area contributed by atoms with Crippen LogP contribution < -0.4 is 11.3 Å². The van der Waals surface area contributed by atoms with Crippen LogP contribution in [0.5, 0.6) is 0 Å². The molecule has 1 atom stereocenters. The lowest BCUT2D eigenvalue weighted by Crippen LogP contribution is -2.13. The third-order valence-corrected chi connectivity index (χ3v) is 4.46. The van der Waals surface area contributed by atoms with Gasteiger partial charge in [0.25, 0.3) is 5.56 Å². The minimum absolute atomic E-state index is 0.00342. The number of nitrogen functional groups attached to an aromatic ring is 1. The number of rotatable bonds is 8. The highest BCUT2D eigenvalue weighted by Crippen LogP contribution is 2.43. The smallest absolute Gasteiger partial charge is 0.328 e. The van der Waals surface area contributed by atoms with E-state index in [0.29, 0.717) is 12.1 Å². The first kappa shape index (κ1) is 17.6. The van der Waals surface area contributed by atoms with Crippen LogP contribution in [0.3, 0.4) is 0 Å². The Morgan fingerprint density at radius 2 is 2.26 bits per heavy atom. The molecule has 11 heteroatoms. The van der Waals surface area contributed by atoms with Gasteiger partial charge < -0.3 is 19.9 Å². The summed E-state index contributed by atoms with van der Waals surface area (Å²) in [7, 11) is -3.57. The van der Waals surface area contributed by atoms with E-state index in [1.807, 2.05) is 0 Å². The number of aromatic amines is 1. The molecule has 0 radical (unpaired) electrons. The highest BCUT2D eigenvalue weighted by atomic mass is 31.2. The van der Waals surface area contributed by atoms with Crippen LogP contribution in [-0.2, 0) is 20.6 Å². The van der Waals surface area contributed by atoms with Crippen molar-refractivity contribution in [2.24, 2.45) is 0 Å². The monoisotopic (exact) mass is 345 g/mol. The van der Waals surface area contributed by atoms with Crippen LogP contribution in [0.15, 0.2) is 11.1 Å². The molecule has 0 aliphatic heterocycles. The molecule has 0 saturated heterocycles. The predicted octanol–water partition coefficient (Wildman–Crippen LogP) is 0.676. The van der Waals surface area contributed by atoms with Gasteiger partial charge in [-0.2, -0.15) is 4.98 Å². The Balaban J connectivity index is 1.86. The number of nitrogens with two attached hydrogens (primary N) is 1. The number of nitrogens with zero attached hydrogens (tertiary/aromatic N) is 3. The second-order valence-electron chi connectivity index (χ2n) is 5.24. The van der Waals surface area contributed by atoms with Gasteiger partial charge in [-0.1, -0.05) is 0 Å². The lowest BCUT2D eigenvalue weighted by molar-refractivity contribution is 0.0788. The second-order valence-corrected chi connectivity index (χ2v) is 7.18. The summed E-state index contributed by atoms with van der Waals surface area (Å²) in [4.78, 5) is 31.5. The van der Waals surface area contributed by atoms with Crippen LogP contribution in [0.25, 0.3) is 11.2 Å². The third-order valence-electron chi connectivity index (χ3n) is 2.83. The van der Waals surface area contributed by atoms with Crippen LogP contribution in [0.4, 0.5) is 5.95 Å². The molecule has 0 aliphatic rings. The minimum atomic E-state index is -3.57. The fourth-order valence-electron chi connectivity index (χ4n) is 1.98. The molecule has 10 nitrogen and oxygen atoms in total. The number of imidazole rings is 1. The van der Waals surface area contributed by atoms with E-state index in [1.165, 1.54) is 10.9 Å². The number of fused-ring (bicyclic) bond motifs is 1. The number of anilines is 1. The van der Waals surface area contributed by atoms with Gasteiger partial charge in [-0.3, -0.25) is 18.9 Å². The third kappa shape index (κ3) is 4.87. The van der Waals surface area contributed by atoms with Crippen molar-refractivity contribution in [3.8, 4) is 0 Å². The zero-order chi connectivity index (χ0) is 17.0. The summed E-state index contributed by atoms with van der Waals surface area (Å²) in [6, 6.07) is 0. The Labute approximate surface area is 132 Å². The molecule has 0 saturated carbocycles. The van der Waals surface area contributed by atoms with Crippen molar-refractivity contribution in [1.29, 1.82) is 0 Å². The van der Waals surface area contributed by atoms with Crippen LogP contribution >= 0.6 is 7.60 Å². The average molecular weight is 345 g/mol. The zero-order valence-electron chi connectivity index (χ0n) is 12.9. The van der Waals surface area contributed by atoms with E-state index >= 15 is 0 Å². The first-order valence-electron chi connectivity index (χ1n) is 7.07. The van der Waals surface area contributed by atoms with Gasteiger partial charge in [0.15, 0.2) is 11.2 Å². The van der Waals surface area contributed by atoms with Gasteiger partial charge in [0, 0.05) is 6.61 Å². The van der Waals surface area contributed by atoms with Gasteiger partial charge in [0.1, 0.15) is 6.73 Å². The van der Waals surface area contributed by atoms with E-state index in [0.717, 1.165) is 0 Å². The Kier molecular flexibility index (Phi) is 5.53. The van der Waals surface area contributed by atoms with Gasteiger partial charge in [-0.05, 0) is 20.3 Å². The summed E-state index contributed by atoms with van der Waals surface area (Å²) in [5.74, 6) is -0.00342. The Hall–Kier alpha value is -1.74. The van der Waals surface area contributed by atoms with Crippen molar-refractivity contribution in [2.45, 2.75) is 33.1 Å². The van der Waals surface area contributed by atoms with Crippen LogP contribution in [0.2, 0.25) is 0 Å². The van der Waals surface area contributed by atoms with Crippen molar-refractivity contribution < 1.29 is 18.7 Å². The first-order chi connectivity index (χ1) is 10.8. The molecule has 0 aromatic carbocycles. The fourth-order valence-corrected chi connectivity index (χ4v) is 3.27. The van der Waals surface area contributed by atoms with Crippen LogP contribution in [-0.4, -0.2) is 43.3 Å². The van der Waals surface area contributed by atoms with E-state index in [1.54, 1.807) is 13.8 Å². The maximum atomic E-state index is 11.7.